The average Bonchev–Trinajstić information content (AvgIpc) is 2.67. The molecule has 1 unspecified atom stereocenters. The van der Waals surface area contributed by atoms with Crippen molar-refractivity contribution in [1.29, 1.82) is 0 Å². The van der Waals surface area contributed by atoms with Crippen LogP contribution < -0.4 is 15.4 Å². The number of benzene rings is 2. The largest absolute Gasteiger partial charge is 0.497 e. The molecule has 2 aromatic rings. The van der Waals surface area contributed by atoms with Crippen LogP contribution in [0.3, 0.4) is 0 Å². The molecule has 1 amide bonds. The van der Waals surface area contributed by atoms with Gasteiger partial charge in [-0.05, 0) is 48.2 Å². The van der Waals surface area contributed by atoms with Gasteiger partial charge in [0.05, 0.1) is 13.0 Å². The van der Waals surface area contributed by atoms with Gasteiger partial charge in [0.25, 0.3) is 0 Å². The van der Waals surface area contributed by atoms with Crippen molar-refractivity contribution in [3.05, 3.63) is 54.1 Å². The van der Waals surface area contributed by atoms with E-state index in [1.165, 1.54) is 0 Å². The van der Waals surface area contributed by atoms with Crippen LogP contribution in [-0.4, -0.2) is 26.1 Å². The summed E-state index contributed by atoms with van der Waals surface area (Å²) in [6, 6.07) is 16.3. The predicted molar refractivity (Wildman–Crippen MR) is 103 cm³/mol. The Balaban J connectivity index is 0.00000225. The molecule has 4 nitrogen and oxygen atoms in total. The number of methoxy groups -OCH3 is 1. The predicted octanol–water partition coefficient (Wildman–Crippen LogP) is 3.40. The number of nitrogens with one attached hydrogen (secondary N) is 2. The van der Waals surface area contributed by atoms with E-state index in [9.17, 15) is 4.79 Å². The molecule has 2 aromatic carbocycles. The van der Waals surface area contributed by atoms with E-state index >= 15 is 0 Å². The highest BCUT2D eigenvalue weighted by Crippen LogP contribution is 2.24. The molecule has 0 spiro atoms. The molecular formula is C20H25ClN2O2. The maximum absolute atomic E-state index is 12.2. The van der Waals surface area contributed by atoms with Crippen molar-refractivity contribution in [1.82, 2.24) is 10.6 Å². The third kappa shape index (κ3) is 5.21. The topological polar surface area (TPSA) is 50.4 Å². The third-order valence-electron chi connectivity index (χ3n) is 4.49. The van der Waals surface area contributed by atoms with Gasteiger partial charge in [-0.2, -0.15) is 0 Å². The Hall–Kier alpha value is -2.04. The summed E-state index contributed by atoms with van der Waals surface area (Å²) in [5.74, 6) is 1.11. The van der Waals surface area contributed by atoms with Gasteiger partial charge in [0, 0.05) is 13.1 Å². The first-order valence-electron chi connectivity index (χ1n) is 8.48. The van der Waals surface area contributed by atoms with Crippen molar-refractivity contribution in [2.75, 3.05) is 20.2 Å². The van der Waals surface area contributed by atoms with Crippen LogP contribution in [0.1, 0.15) is 18.4 Å². The van der Waals surface area contributed by atoms with Gasteiger partial charge in [-0.1, -0.05) is 36.4 Å². The normalized spacial score (nSPS) is 16.6. The maximum atomic E-state index is 12.2. The minimum Gasteiger partial charge on any atom is -0.497 e. The molecule has 0 aliphatic carbocycles. The molecule has 134 valence electrons. The maximum Gasteiger partial charge on any atom is 0.224 e. The van der Waals surface area contributed by atoms with Crippen molar-refractivity contribution in [2.45, 2.75) is 19.4 Å². The fraction of sp³-hybridized carbons (Fsp3) is 0.350. The summed E-state index contributed by atoms with van der Waals surface area (Å²) in [5, 5.41) is 6.33. The zero-order valence-electron chi connectivity index (χ0n) is 14.5. The van der Waals surface area contributed by atoms with Crippen LogP contribution in [-0.2, 0) is 11.3 Å². The molecule has 0 radical (unpaired) electrons. The number of amides is 1. The number of rotatable bonds is 5. The number of hydrogen-bond donors (Lipinski definition) is 2. The first-order valence-corrected chi connectivity index (χ1v) is 8.48. The Labute approximate surface area is 155 Å². The Morgan fingerprint density at radius 2 is 2.00 bits per heavy atom. The van der Waals surface area contributed by atoms with Crippen molar-refractivity contribution < 1.29 is 9.53 Å². The second-order valence-electron chi connectivity index (χ2n) is 6.19. The van der Waals surface area contributed by atoms with E-state index < -0.39 is 0 Å². The molecule has 1 atom stereocenters. The van der Waals surface area contributed by atoms with Crippen LogP contribution in [0.15, 0.2) is 48.5 Å². The fourth-order valence-electron chi connectivity index (χ4n) is 3.03. The number of carbonyl (C=O) groups excluding carboxylic acids is 1. The molecular weight excluding hydrogens is 336 g/mol. The molecule has 1 saturated heterocycles. The Morgan fingerprint density at radius 3 is 2.68 bits per heavy atom. The minimum atomic E-state index is 0. The molecule has 1 fully saturated rings. The van der Waals surface area contributed by atoms with Gasteiger partial charge in [-0.25, -0.2) is 0 Å². The van der Waals surface area contributed by atoms with Gasteiger partial charge in [-0.3, -0.25) is 4.79 Å². The molecule has 1 aliphatic rings. The Kier molecular flexibility index (Phi) is 7.29. The van der Waals surface area contributed by atoms with E-state index in [0.29, 0.717) is 6.54 Å². The number of carbonyl (C=O) groups is 1. The van der Waals surface area contributed by atoms with E-state index in [0.717, 1.165) is 48.4 Å². The number of piperidine rings is 1. The smallest absolute Gasteiger partial charge is 0.224 e. The second-order valence-corrected chi connectivity index (χ2v) is 6.19. The molecule has 5 heteroatoms. The molecule has 2 N–H and O–H groups in total. The molecule has 0 aromatic heterocycles. The van der Waals surface area contributed by atoms with E-state index in [2.05, 4.69) is 41.0 Å². The Bertz CT molecular complexity index is 682. The highest BCUT2D eigenvalue weighted by atomic mass is 35.5. The van der Waals surface area contributed by atoms with Crippen molar-refractivity contribution in [3.63, 3.8) is 0 Å². The lowest BCUT2D eigenvalue weighted by Crippen LogP contribution is -2.40. The van der Waals surface area contributed by atoms with Gasteiger partial charge in [0.15, 0.2) is 0 Å². The summed E-state index contributed by atoms with van der Waals surface area (Å²) in [6.45, 7) is 2.39. The van der Waals surface area contributed by atoms with Crippen molar-refractivity contribution in [2.24, 2.45) is 5.92 Å². The average molecular weight is 361 g/mol. The highest BCUT2D eigenvalue weighted by molar-refractivity contribution is 5.85. The lowest BCUT2D eigenvalue weighted by molar-refractivity contribution is -0.125. The highest BCUT2D eigenvalue weighted by Gasteiger charge is 2.20. The van der Waals surface area contributed by atoms with E-state index in [4.69, 9.17) is 4.74 Å². The van der Waals surface area contributed by atoms with Crippen LogP contribution in [0.25, 0.3) is 11.1 Å². The number of hydrogen-bond acceptors (Lipinski definition) is 3. The van der Waals surface area contributed by atoms with Crippen LogP contribution in [0.5, 0.6) is 5.75 Å². The first kappa shape index (κ1) is 19.3. The summed E-state index contributed by atoms with van der Waals surface area (Å²) in [5.41, 5.74) is 3.37. The third-order valence-corrected chi connectivity index (χ3v) is 4.49. The zero-order valence-corrected chi connectivity index (χ0v) is 15.3. The van der Waals surface area contributed by atoms with Gasteiger partial charge in [0.2, 0.25) is 5.91 Å². The van der Waals surface area contributed by atoms with Crippen LogP contribution in [0.4, 0.5) is 0 Å². The summed E-state index contributed by atoms with van der Waals surface area (Å²) in [7, 11) is 1.67. The summed E-state index contributed by atoms with van der Waals surface area (Å²) < 4.78 is 5.27. The van der Waals surface area contributed by atoms with E-state index in [1.807, 2.05) is 18.2 Å². The van der Waals surface area contributed by atoms with Gasteiger partial charge >= 0.3 is 0 Å². The van der Waals surface area contributed by atoms with Crippen LogP contribution in [0, 0.1) is 5.92 Å². The number of ether oxygens (including phenoxy) is 1. The lowest BCUT2D eigenvalue weighted by Gasteiger charge is -2.21. The molecule has 0 saturated carbocycles. The zero-order chi connectivity index (χ0) is 16.8. The van der Waals surface area contributed by atoms with E-state index in [-0.39, 0.29) is 24.2 Å². The SMILES string of the molecule is COc1cccc(-c2ccc(CNC(=O)C3CCCNC3)cc2)c1.Cl. The lowest BCUT2D eigenvalue weighted by atomic mass is 9.98. The van der Waals surface area contributed by atoms with Crippen molar-refractivity contribution >= 4 is 18.3 Å². The van der Waals surface area contributed by atoms with Crippen LogP contribution in [0.2, 0.25) is 0 Å². The first-order chi connectivity index (χ1) is 11.8. The summed E-state index contributed by atoms with van der Waals surface area (Å²) in [4.78, 5) is 12.2. The minimum absolute atomic E-state index is 0. The molecule has 1 heterocycles. The summed E-state index contributed by atoms with van der Waals surface area (Å²) in [6.07, 6.45) is 2.06. The van der Waals surface area contributed by atoms with Gasteiger partial charge in [0.1, 0.15) is 5.75 Å². The second kappa shape index (κ2) is 9.44. The van der Waals surface area contributed by atoms with E-state index in [1.54, 1.807) is 7.11 Å². The molecule has 3 rings (SSSR count). The van der Waals surface area contributed by atoms with Gasteiger partial charge < -0.3 is 15.4 Å². The molecule has 0 bridgehead atoms. The summed E-state index contributed by atoms with van der Waals surface area (Å²) >= 11 is 0. The standard InChI is InChI=1S/C20H24N2O2.ClH/c1-24-19-6-2-4-17(12-19)16-9-7-15(8-10-16)13-22-20(23)18-5-3-11-21-14-18;/h2,4,6-10,12,18,21H,3,5,11,13-14H2,1H3,(H,22,23);1H. The number of halogens is 1. The molecule has 25 heavy (non-hydrogen) atoms. The van der Waals surface area contributed by atoms with Gasteiger partial charge in [-0.15, -0.1) is 12.4 Å². The Morgan fingerprint density at radius 1 is 1.20 bits per heavy atom. The van der Waals surface area contributed by atoms with Crippen LogP contribution >= 0.6 is 12.4 Å². The monoisotopic (exact) mass is 360 g/mol. The van der Waals surface area contributed by atoms with Crippen molar-refractivity contribution in [3.8, 4) is 16.9 Å². The fourth-order valence-corrected chi connectivity index (χ4v) is 3.03. The molecule has 1 aliphatic heterocycles. The quantitative estimate of drug-likeness (QED) is 0.859.